The molecule has 0 unspecified atom stereocenters. The third-order valence-electron chi connectivity index (χ3n) is 6.60. The maximum absolute atomic E-state index is 11.7. The van der Waals surface area contributed by atoms with E-state index in [-0.39, 0.29) is 5.92 Å². The van der Waals surface area contributed by atoms with E-state index in [1.165, 1.54) is 5.56 Å². The molecule has 0 fully saturated rings. The van der Waals surface area contributed by atoms with Crippen molar-refractivity contribution < 1.29 is 14.6 Å². The zero-order valence-electron chi connectivity index (χ0n) is 21.1. The van der Waals surface area contributed by atoms with E-state index in [9.17, 15) is 9.90 Å². The largest absolute Gasteiger partial charge is 0.496 e. The van der Waals surface area contributed by atoms with Gasteiger partial charge in [0.2, 0.25) is 0 Å². The Kier molecular flexibility index (Phi) is 7.22. The average molecular weight is 472 g/mol. The fraction of sp³-hybridized carbons (Fsp3) is 0.310. The normalized spacial score (nSPS) is 11.5. The van der Waals surface area contributed by atoms with Gasteiger partial charge in [-0.2, -0.15) is 0 Å². The first-order valence-electron chi connectivity index (χ1n) is 12.1. The molecule has 0 spiro atoms. The molecule has 2 aromatic carbocycles. The molecular weight excluding hydrogens is 438 g/mol. The molecule has 2 heterocycles. The lowest BCUT2D eigenvalue weighted by Gasteiger charge is -2.19. The molecule has 182 valence electrons. The monoisotopic (exact) mass is 471 g/mol. The Hall–Kier alpha value is -3.64. The van der Waals surface area contributed by atoms with Crippen molar-refractivity contribution in [3.05, 3.63) is 71.4 Å². The Balaban J connectivity index is 1.82. The van der Waals surface area contributed by atoms with Crippen LogP contribution in [0, 0.1) is 0 Å². The lowest BCUT2D eigenvalue weighted by Crippen LogP contribution is -2.22. The number of ether oxygens (including phenoxy) is 1. The predicted molar refractivity (Wildman–Crippen MR) is 141 cm³/mol. The lowest BCUT2D eigenvalue weighted by atomic mass is 9.92. The quantitative estimate of drug-likeness (QED) is 0.289. The first-order chi connectivity index (χ1) is 16.9. The minimum Gasteiger partial charge on any atom is -0.496 e. The second-order valence-electron chi connectivity index (χ2n) is 9.06. The van der Waals surface area contributed by atoms with Crippen molar-refractivity contribution in [2.45, 2.75) is 40.2 Å². The number of hydrogen-bond acceptors (Lipinski definition) is 4. The first kappa shape index (κ1) is 24.5. The molecule has 4 aromatic rings. The molecule has 6 nitrogen and oxygen atoms in total. The van der Waals surface area contributed by atoms with Crippen LogP contribution in [0.15, 0.2) is 54.7 Å². The van der Waals surface area contributed by atoms with Crippen molar-refractivity contribution in [2.24, 2.45) is 0 Å². The number of hydrogen-bond donors (Lipinski definition) is 2. The molecule has 0 bridgehead atoms. The average Bonchev–Trinajstić information content (AvgIpc) is 3.31. The van der Waals surface area contributed by atoms with Crippen LogP contribution >= 0.6 is 0 Å². The van der Waals surface area contributed by atoms with Gasteiger partial charge in [-0.25, -0.2) is 9.78 Å². The Labute approximate surface area is 206 Å². The minimum absolute atomic E-state index is 0.0953. The van der Waals surface area contributed by atoms with E-state index >= 15 is 0 Å². The summed E-state index contributed by atoms with van der Waals surface area (Å²) in [5.41, 5.74) is 7.08. The van der Waals surface area contributed by atoms with Gasteiger partial charge in [0.25, 0.3) is 0 Å². The van der Waals surface area contributed by atoms with Gasteiger partial charge in [0.15, 0.2) is 0 Å². The summed E-state index contributed by atoms with van der Waals surface area (Å²) < 4.78 is 5.69. The summed E-state index contributed by atoms with van der Waals surface area (Å²) >= 11 is 0. The Morgan fingerprint density at radius 1 is 1.06 bits per heavy atom. The molecule has 2 aromatic heterocycles. The molecule has 0 aliphatic carbocycles. The van der Waals surface area contributed by atoms with Crippen molar-refractivity contribution in [1.29, 1.82) is 0 Å². The molecule has 0 saturated heterocycles. The van der Waals surface area contributed by atoms with E-state index in [0.29, 0.717) is 5.56 Å². The second kappa shape index (κ2) is 10.3. The maximum atomic E-state index is 11.7. The van der Waals surface area contributed by atoms with Crippen molar-refractivity contribution in [1.82, 2.24) is 14.9 Å². The van der Waals surface area contributed by atoms with Crippen LogP contribution in [-0.4, -0.2) is 46.1 Å². The van der Waals surface area contributed by atoms with Crippen LogP contribution in [0.2, 0.25) is 0 Å². The zero-order chi connectivity index (χ0) is 25.1. The number of rotatable bonds is 9. The molecule has 0 radical (unpaired) electrons. The van der Waals surface area contributed by atoms with Gasteiger partial charge in [-0.15, -0.1) is 0 Å². The molecule has 0 amide bonds. The molecule has 2 N–H and O–H groups in total. The van der Waals surface area contributed by atoms with Crippen LogP contribution in [0.3, 0.4) is 0 Å². The van der Waals surface area contributed by atoms with E-state index < -0.39 is 5.97 Å². The van der Waals surface area contributed by atoms with E-state index in [0.717, 1.165) is 64.4 Å². The molecule has 4 rings (SSSR count). The molecule has 35 heavy (non-hydrogen) atoms. The number of carboxylic acid groups (broad SMARTS) is 1. The van der Waals surface area contributed by atoms with Gasteiger partial charge in [0, 0.05) is 23.7 Å². The highest BCUT2D eigenvalue weighted by Crippen LogP contribution is 2.36. The molecule has 0 saturated carbocycles. The number of methoxy groups -OCH3 is 1. The summed E-state index contributed by atoms with van der Waals surface area (Å²) in [5, 5.41) is 10.6. The van der Waals surface area contributed by atoms with Gasteiger partial charge in [-0.05, 0) is 71.6 Å². The first-order valence-corrected chi connectivity index (χ1v) is 12.1. The number of nitrogens with one attached hydrogen (secondary N) is 1. The highest BCUT2D eigenvalue weighted by atomic mass is 16.5. The molecular formula is C29H33N3O3. The zero-order valence-corrected chi connectivity index (χ0v) is 21.1. The minimum atomic E-state index is -0.902. The van der Waals surface area contributed by atoms with Gasteiger partial charge >= 0.3 is 5.97 Å². The van der Waals surface area contributed by atoms with Crippen molar-refractivity contribution in [2.75, 3.05) is 20.2 Å². The highest BCUT2D eigenvalue weighted by Gasteiger charge is 2.17. The maximum Gasteiger partial charge on any atom is 0.335 e. The van der Waals surface area contributed by atoms with Gasteiger partial charge in [-0.3, -0.25) is 4.90 Å². The molecule has 0 aliphatic heterocycles. The number of aromatic carboxylic acids is 1. The van der Waals surface area contributed by atoms with Crippen LogP contribution in [0.4, 0.5) is 0 Å². The van der Waals surface area contributed by atoms with E-state index in [1.807, 2.05) is 38.1 Å². The fourth-order valence-electron chi connectivity index (χ4n) is 4.60. The number of nitrogens with zero attached hydrogens (tertiary/aromatic N) is 2. The van der Waals surface area contributed by atoms with E-state index in [4.69, 9.17) is 4.74 Å². The number of H-pyrrole nitrogens is 1. The van der Waals surface area contributed by atoms with Crippen LogP contribution in [-0.2, 0) is 6.54 Å². The summed E-state index contributed by atoms with van der Waals surface area (Å²) in [5.74, 6) is -0.00646. The Morgan fingerprint density at radius 3 is 2.49 bits per heavy atom. The lowest BCUT2D eigenvalue weighted by molar-refractivity contribution is 0.0695. The third-order valence-corrected chi connectivity index (χ3v) is 6.60. The summed E-state index contributed by atoms with van der Waals surface area (Å²) in [6.45, 7) is 11.2. The molecule has 0 aliphatic rings. The smallest absolute Gasteiger partial charge is 0.335 e. The number of aromatic nitrogens is 2. The van der Waals surface area contributed by atoms with Gasteiger partial charge < -0.3 is 14.8 Å². The Morgan fingerprint density at radius 2 is 1.83 bits per heavy atom. The fourth-order valence-corrected chi connectivity index (χ4v) is 4.60. The number of fused-ring (bicyclic) bond motifs is 1. The summed E-state index contributed by atoms with van der Waals surface area (Å²) in [4.78, 5) is 22.1. The van der Waals surface area contributed by atoms with Gasteiger partial charge in [0.05, 0.1) is 18.4 Å². The van der Waals surface area contributed by atoms with E-state index in [2.05, 4.69) is 46.9 Å². The standard InChI is InChI=1S/C29H33N3O3/c1-6-32(7-2)17-19-8-11-27(35-5)25(14-19)26-16-24-21(12-13-30-28(24)31-26)20-9-10-22(29(33)34)23(15-20)18(3)4/h8-16,18H,6-7,17H2,1-5H3,(H,30,31)(H,33,34). The highest BCUT2D eigenvalue weighted by molar-refractivity contribution is 5.98. The summed E-state index contributed by atoms with van der Waals surface area (Å²) in [7, 11) is 1.69. The van der Waals surface area contributed by atoms with Gasteiger partial charge in [0.1, 0.15) is 11.4 Å². The van der Waals surface area contributed by atoms with Crippen LogP contribution in [0.5, 0.6) is 5.75 Å². The second-order valence-corrected chi connectivity index (χ2v) is 9.06. The third kappa shape index (κ3) is 4.93. The number of carboxylic acids is 1. The number of benzene rings is 2. The van der Waals surface area contributed by atoms with Crippen LogP contribution < -0.4 is 4.74 Å². The summed E-state index contributed by atoms with van der Waals surface area (Å²) in [6.07, 6.45) is 1.78. The topological polar surface area (TPSA) is 78.4 Å². The number of carbonyl (C=O) groups is 1. The SMILES string of the molecule is CCN(CC)Cc1ccc(OC)c(-c2cc3c(-c4ccc(C(=O)O)c(C(C)C)c4)ccnc3[nH]2)c1. The number of aromatic amines is 1. The van der Waals surface area contributed by atoms with Gasteiger partial charge in [-0.1, -0.05) is 45.9 Å². The molecule has 0 atom stereocenters. The van der Waals surface area contributed by atoms with Crippen molar-refractivity contribution >= 4 is 17.0 Å². The van der Waals surface area contributed by atoms with Crippen LogP contribution in [0.1, 0.15) is 55.1 Å². The van der Waals surface area contributed by atoms with E-state index in [1.54, 1.807) is 19.4 Å². The predicted octanol–water partition coefficient (Wildman–Crippen LogP) is 6.57. The van der Waals surface area contributed by atoms with Crippen molar-refractivity contribution in [3.8, 4) is 28.1 Å². The Bertz CT molecular complexity index is 1350. The molecule has 6 heteroatoms. The number of pyridine rings is 1. The van der Waals surface area contributed by atoms with Crippen molar-refractivity contribution in [3.63, 3.8) is 0 Å². The van der Waals surface area contributed by atoms with Crippen LogP contribution in [0.25, 0.3) is 33.4 Å². The summed E-state index contributed by atoms with van der Waals surface area (Å²) in [6, 6.07) is 16.0.